The average Bonchev–Trinajstić information content (AvgIpc) is 2.56. The minimum atomic E-state index is -0.494. The van der Waals surface area contributed by atoms with Crippen molar-refractivity contribution < 1.29 is 4.92 Å². The van der Waals surface area contributed by atoms with Crippen LogP contribution < -0.4 is 10.6 Å². The lowest BCUT2D eigenvalue weighted by molar-refractivity contribution is -0.384. The first kappa shape index (κ1) is 18.2. The normalized spacial score (nSPS) is 10.2. The van der Waals surface area contributed by atoms with E-state index >= 15 is 0 Å². The number of unbranched alkanes of at least 4 members (excludes halogenated alkanes) is 1. The summed E-state index contributed by atoms with van der Waals surface area (Å²) in [4.78, 5) is 10.2. The first-order valence-electron chi connectivity index (χ1n) is 7.60. The molecule has 0 aliphatic carbocycles. The molecule has 0 heterocycles. The molecule has 126 valence electrons. The van der Waals surface area contributed by atoms with Crippen LogP contribution in [-0.2, 0) is 6.42 Å². The van der Waals surface area contributed by atoms with Crippen molar-refractivity contribution in [3.05, 3.63) is 63.2 Å². The first-order chi connectivity index (χ1) is 11.5. The smallest absolute Gasteiger partial charge is 0.271 e. The first-order valence-corrected chi connectivity index (χ1v) is 8.39. The fourth-order valence-electron chi connectivity index (χ4n) is 2.14. The Balaban J connectivity index is 1.96. The minimum Gasteiger partial charge on any atom is -0.332 e. The highest BCUT2D eigenvalue weighted by molar-refractivity contribution is 7.80. The lowest BCUT2D eigenvalue weighted by Crippen LogP contribution is -2.19. The second kappa shape index (κ2) is 8.61. The summed E-state index contributed by atoms with van der Waals surface area (Å²) in [5.41, 5.74) is 2.61. The Morgan fingerprint density at radius 2 is 1.92 bits per heavy atom. The van der Waals surface area contributed by atoms with E-state index in [9.17, 15) is 10.1 Å². The third-order valence-corrected chi connectivity index (χ3v) is 3.96. The SMILES string of the molecule is CCCCc1ccc(NC(=S)Nc2ccc([N+](=O)[O-])cc2Cl)cc1. The molecule has 0 atom stereocenters. The van der Waals surface area contributed by atoms with Crippen LogP contribution in [0, 0.1) is 10.1 Å². The monoisotopic (exact) mass is 363 g/mol. The van der Waals surface area contributed by atoms with Gasteiger partial charge in [0.2, 0.25) is 0 Å². The maximum Gasteiger partial charge on any atom is 0.271 e. The number of benzene rings is 2. The second-order valence-corrected chi connectivity index (χ2v) is 6.12. The lowest BCUT2D eigenvalue weighted by atomic mass is 10.1. The number of nitro groups is 1. The van der Waals surface area contributed by atoms with Gasteiger partial charge in [-0.2, -0.15) is 0 Å². The fraction of sp³-hybridized carbons (Fsp3) is 0.235. The number of nitro benzene ring substituents is 1. The zero-order valence-electron chi connectivity index (χ0n) is 13.2. The van der Waals surface area contributed by atoms with Crippen LogP contribution in [0.1, 0.15) is 25.3 Å². The molecule has 0 unspecified atom stereocenters. The number of nitrogens with one attached hydrogen (secondary N) is 2. The Morgan fingerprint density at radius 3 is 2.50 bits per heavy atom. The molecule has 2 aromatic rings. The molecule has 0 fully saturated rings. The van der Waals surface area contributed by atoms with E-state index in [4.69, 9.17) is 23.8 Å². The van der Waals surface area contributed by atoms with E-state index in [0.29, 0.717) is 10.8 Å². The molecule has 2 N–H and O–H groups in total. The molecular formula is C17H18ClN3O2S. The third kappa shape index (κ3) is 5.18. The van der Waals surface area contributed by atoms with Crippen molar-refractivity contribution in [3.8, 4) is 0 Å². The van der Waals surface area contributed by atoms with Crippen LogP contribution in [0.4, 0.5) is 17.1 Å². The van der Waals surface area contributed by atoms with E-state index in [2.05, 4.69) is 29.7 Å². The van der Waals surface area contributed by atoms with Crippen LogP contribution in [0.25, 0.3) is 0 Å². The Hall–Kier alpha value is -2.18. The van der Waals surface area contributed by atoms with E-state index < -0.39 is 4.92 Å². The summed E-state index contributed by atoms with van der Waals surface area (Å²) in [7, 11) is 0. The van der Waals surface area contributed by atoms with Crippen molar-refractivity contribution in [3.63, 3.8) is 0 Å². The van der Waals surface area contributed by atoms with Gasteiger partial charge in [-0.15, -0.1) is 0 Å². The minimum absolute atomic E-state index is 0.0629. The summed E-state index contributed by atoms with van der Waals surface area (Å²) < 4.78 is 0. The van der Waals surface area contributed by atoms with Crippen LogP contribution in [0.2, 0.25) is 5.02 Å². The van der Waals surface area contributed by atoms with E-state index in [1.165, 1.54) is 36.6 Å². The van der Waals surface area contributed by atoms with E-state index in [1.807, 2.05) is 12.1 Å². The Kier molecular flexibility index (Phi) is 6.52. The van der Waals surface area contributed by atoms with E-state index in [1.54, 1.807) is 0 Å². The maximum atomic E-state index is 10.7. The number of aryl methyl sites for hydroxylation is 1. The summed E-state index contributed by atoms with van der Waals surface area (Å²) in [6.07, 6.45) is 3.41. The topological polar surface area (TPSA) is 67.2 Å². The number of hydrogen-bond donors (Lipinski definition) is 2. The quantitative estimate of drug-likeness (QED) is 0.408. The van der Waals surface area contributed by atoms with Crippen LogP contribution in [0.5, 0.6) is 0 Å². The van der Waals surface area contributed by atoms with Gasteiger partial charge >= 0.3 is 0 Å². The molecule has 0 amide bonds. The highest BCUT2D eigenvalue weighted by Crippen LogP contribution is 2.26. The number of non-ortho nitro benzene ring substituents is 1. The van der Waals surface area contributed by atoms with Crippen LogP contribution in [-0.4, -0.2) is 10.0 Å². The lowest BCUT2D eigenvalue weighted by Gasteiger charge is -2.12. The summed E-state index contributed by atoms with van der Waals surface area (Å²) in [6, 6.07) is 12.3. The third-order valence-electron chi connectivity index (χ3n) is 3.44. The summed E-state index contributed by atoms with van der Waals surface area (Å²) in [5.74, 6) is 0. The van der Waals surface area contributed by atoms with Gasteiger partial charge in [-0.25, -0.2) is 0 Å². The molecule has 0 aliphatic rings. The average molecular weight is 364 g/mol. The number of anilines is 2. The van der Waals surface area contributed by atoms with Crippen LogP contribution in [0.3, 0.4) is 0 Å². The summed E-state index contributed by atoms with van der Waals surface area (Å²) >= 11 is 11.3. The van der Waals surface area contributed by atoms with Crippen molar-refractivity contribution in [1.29, 1.82) is 0 Å². The molecule has 7 heteroatoms. The van der Waals surface area contributed by atoms with Crippen LogP contribution >= 0.6 is 23.8 Å². The molecule has 0 aliphatic heterocycles. The Morgan fingerprint density at radius 1 is 1.21 bits per heavy atom. The predicted octanol–water partition coefficient (Wildman–Crippen LogP) is 5.40. The van der Waals surface area contributed by atoms with Gasteiger partial charge in [0.1, 0.15) is 0 Å². The van der Waals surface area contributed by atoms with Crippen molar-refractivity contribution in [2.75, 3.05) is 10.6 Å². The molecule has 2 rings (SSSR count). The van der Waals surface area contributed by atoms with Gasteiger partial charge in [-0.3, -0.25) is 10.1 Å². The number of halogens is 1. The van der Waals surface area contributed by atoms with Gasteiger partial charge in [-0.05, 0) is 48.8 Å². The molecule has 0 spiro atoms. The van der Waals surface area contributed by atoms with E-state index in [0.717, 1.165) is 12.1 Å². The molecule has 0 bridgehead atoms. The molecule has 2 aromatic carbocycles. The van der Waals surface area contributed by atoms with Crippen molar-refractivity contribution in [1.82, 2.24) is 0 Å². The Bertz CT molecular complexity index is 735. The maximum absolute atomic E-state index is 10.7. The summed E-state index contributed by atoms with van der Waals surface area (Å²) in [5, 5.41) is 17.3. The van der Waals surface area contributed by atoms with Crippen molar-refractivity contribution in [2.24, 2.45) is 0 Å². The van der Waals surface area contributed by atoms with Gasteiger partial charge in [0.15, 0.2) is 5.11 Å². The molecule has 24 heavy (non-hydrogen) atoms. The highest BCUT2D eigenvalue weighted by Gasteiger charge is 2.10. The fourth-order valence-corrected chi connectivity index (χ4v) is 2.59. The molecule has 0 saturated carbocycles. The van der Waals surface area contributed by atoms with Crippen LogP contribution in [0.15, 0.2) is 42.5 Å². The highest BCUT2D eigenvalue weighted by atomic mass is 35.5. The van der Waals surface area contributed by atoms with Gasteiger partial charge in [0.05, 0.1) is 15.6 Å². The number of hydrogen-bond acceptors (Lipinski definition) is 3. The molecule has 0 radical (unpaired) electrons. The largest absolute Gasteiger partial charge is 0.332 e. The standard InChI is InChI=1S/C17H18ClN3O2S/c1-2-3-4-12-5-7-13(8-6-12)19-17(24)20-16-10-9-14(21(22)23)11-15(16)18/h5-11H,2-4H2,1H3,(H2,19,20,24). The van der Waals surface area contributed by atoms with Gasteiger partial charge < -0.3 is 10.6 Å². The van der Waals surface area contributed by atoms with Gasteiger partial charge in [0, 0.05) is 17.8 Å². The van der Waals surface area contributed by atoms with Gasteiger partial charge in [-0.1, -0.05) is 37.1 Å². The van der Waals surface area contributed by atoms with Gasteiger partial charge in [0.25, 0.3) is 5.69 Å². The number of thiocarbonyl (C=S) groups is 1. The molecule has 0 aromatic heterocycles. The van der Waals surface area contributed by atoms with E-state index in [-0.39, 0.29) is 10.7 Å². The zero-order chi connectivity index (χ0) is 17.5. The number of nitrogens with zero attached hydrogens (tertiary/aromatic N) is 1. The molecule has 0 saturated heterocycles. The predicted molar refractivity (Wildman–Crippen MR) is 103 cm³/mol. The second-order valence-electron chi connectivity index (χ2n) is 5.30. The number of rotatable bonds is 6. The Labute approximate surface area is 151 Å². The van der Waals surface area contributed by atoms with Crippen molar-refractivity contribution in [2.45, 2.75) is 26.2 Å². The van der Waals surface area contributed by atoms with Crippen molar-refractivity contribution >= 4 is 46.0 Å². The molecule has 5 nitrogen and oxygen atoms in total. The zero-order valence-corrected chi connectivity index (χ0v) is 14.8. The molecular weight excluding hydrogens is 346 g/mol. The summed E-state index contributed by atoms with van der Waals surface area (Å²) in [6.45, 7) is 2.17.